The molecule has 3 aromatic rings. The van der Waals surface area contributed by atoms with Gasteiger partial charge in [0.15, 0.2) is 15.8 Å². The second kappa shape index (κ2) is 12.0. The summed E-state index contributed by atoms with van der Waals surface area (Å²) in [6.07, 6.45) is 3.05. The summed E-state index contributed by atoms with van der Waals surface area (Å²) < 4.78 is 38.9. The zero-order chi connectivity index (χ0) is 22.3. The number of hydrogen-bond acceptors (Lipinski definition) is 4. The van der Waals surface area contributed by atoms with Crippen LogP contribution in [0.5, 0.6) is 0 Å². The first kappa shape index (κ1) is 25.8. The van der Waals surface area contributed by atoms with Crippen molar-refractivity contribution in [1.29, 1.82) is 0 Å². The van der Waals surface area contributed by atoms with Crippen molar-refractivity contribution in [2.75, 3.05) is 12.8 Å². The molecule has 0 unspecified atom stereocenters. The molecular formula is C22H27FIN5O2S. The molecule has 1 heterocycles. The number of hydrogen-bond donors (Lipinski definition) is 2. The van der Waals surface area contributed by atoms with Crippen molar-refractivity contribution >= 4 is 39.8 Å². The van der Waals surface area contributed by atoms with Gasteiger partial charge in [0.2, 0.25) is 0 Å². The molecule has 2 N–H and O–H groups in total. The molecule has 32 heavy (non-hydrogen) atoms. The van der Waals surface area contributed by atoms with Gasteiger partial charge >= 0.3 is 0 Å². The van der Waals surface area contributed by atoms with Crippen molar-refractivity contribution in [2.24, 2.45) is 4.99 Å². The number of sulfone groups is 1. The van der Waals surface area contributed by atoms with Gasteiger partial charge in [-0.05, 0) is 48.4 Å². The molecule has 0 aliphatic carbocycles. The van der Waals surface area contributed by atoms with Gasteiger partial charge in [0, 0.05) is 19.0 Å². The van der Waals surface area contributed by atoms with Crippen LogP contribution in [0.2, 0.25) is 0 Å². The second-order valence-corrected chi connectivity index (χ2v) is 9.26. The van der Waals surface area contributed by atoms with E-state index in [2.05, 4.69) is 20.7 Å². The van der Waals surface area contributed by atoms with Gasteiger partial charge in [-0.3, -0.25) is 0 Å². The van der Waals surface area contributed by atoms with E-state index in [1.165, 1.54) is 18.2 Å². The predicted octanol–water partition coefficient (Wildman–Crippen LogP) is 3.43. The van der Waals surface area contributed by atoms with Gasteiger partial charge in [-0.25, -0.2) is 22.5 Å². The van der Waals surface area contributed by atoms with Crippen LogP contribution < -0.4 is 10.6 Å². The number of guanidine groups is 1. The van der Waals surface area contributed by atoms with Crippen LogP contribution in [-0.2, 0) is 28.7 Å². The lowest BCUT2D eigenvalue weighted by Crippen LogP contribution is -2.37. The van der Waals surface area contributed by atoms with Crippen LogP contribution in [0.15, 0.2) is 65.8 Å². The molecule has 0 amide bonds. The Kier molecular flexibility index (Phi) is 9.63. The van der Waals surface area contributed by atoms with Gasteiger partial charge in [0.05, 0.1) is 30.2 Å². The van der Waals surface area contributed by atoms with E-state index < -0.39 is 15.7 Å². The van der Waals surface area contributed by atoms with E-state index in [0.29, 0.717) is 30.2 Å². The van der Waals surface area contributed by atoms with Gasteiger partial charge in [-0.1, -0.05) is 24.3 Å². The molecule has 0 atom stereocenters. The average Bonchev–Trinajstić information content (AvgIpc) is 3.20. The van der Waals surface area contributed by atoms with E-state index in [-0.39, 0.29) is 36.3 Å². The Morgan fingerprint density at radius 1 is 1.09 bits per heavy atom. The lowest BCUT2D eigenvalue weighted by molar-refractivity contribution is 0.600. The minimum Gasteiger partial charge on any atom is -0.357 e. The molecule has 172 valence electrons. The smallest absolute Gasteiger partial charge is 0.191 e. The van der Waals surface area contributed by atoms with Gasteiger partial charge in [0.25, 0.3) is 0 Å². The van der Waals surface area contributed by atoms with Crippen molar-refractivity contribution in [2.45, 2.75) is 25.8 Å². The predicted molar refractivity (Wildman–Crippen MR) is 136 cm³/mol. The van der Waals surface area contributed by atoms with E-state index in [9.17, 15) is 12.8 Å². The molecule has 0 spiro atoms. The first-order valence-electron chi connectivity index (χ1n) is 9.91. The maximum absolute atomic E-state index is 13.7. The molecule has 1 aromatic heterocycles. The Morgan fingerprint density at radius 2 is 1.84 bits per heavy atom. The molecule has 0 fully saturated rings. The highest BCUT2D eigenvalue weighted by Gasteiger charge is 2.11. The van der Waals surface area contributed by atoms with Crippen molar-refractivity contribution in [3.63, 3.8) is 0 Å². The van der Waals surface area contributed by atoms with Crippen molar-refractivity contribution in [3.8, 4) is 5.69 Å². The number of nitrogens with zero attached hydrogens (tertiary/aromatic N) is 3. The largest absolute Gasteiger partial charge is 0.357 e. The van der Waals surface area contributed by atoms with E-state index in [0.717, 1.165) is 17.6 Å². The average molecular weight is 571 g/mol. The highest BCUT2D eigenvalue weighted by Crippen LogP contribution is 2.15. The van der Waals surface area contributed by atoms with Crippen molar-refractivity contribution in [3.05, 3.63) is 83.4 Å². The molecule has 0 saturated carbocycles. The quantitative estimate of drug-likeness (QED) is 0.246. The lowest BCUT2D eigenvalue weighted by atomic mass is 10.1. The second-order valence-electron chi connectivity index (χ2n) is 7.12. The first-order chi connectivity index (χ1) is 14.8. The molecule has 7 nitrogen and oxygen atoms in total. The van der Waals surface area contributed by atoms with Gasteiger partial charge in [-0.2, -0.15) is 5.10 Å². The standard InChI is InChI=1S/C22H26FN5O2S.HI/c1-3-24-22(25-14-18-13-19(23)10-9-17(18)16-31(2,29)30)26-15-20-11-12-28(27-20)21-7-5-4-6-8-21;/h4-13H,3,14-16H2,1-2H3,(H2,24,25,26);1H. The molecule has 0 saturated heterocycles. The molecule has 0 aliphatic rings. The Hall–Kier alpha value is -2.47. The summed E-state index contributed by atoms with van der Waals surface area (Å²) in [6, 6.07) is 15.8. The monoisotopic (exact) mass is 571 g/mol. The zero-order valence-corrected chi connectivity index (χ0v) is 21.1. The summed E-state index contributed by atoms with van der Waals surface area (Å²) in [5.41, 5.74) is 2.89. The third-order valence-corrected chi connectivity index (χ3v) is 5.28. The minimum atomic E-state index is -3.24. The number of rotatable bonds is 8. The Morgan fingerprint density at radius 3 is 2.53 bits per heavy atom. The Labute approximate surface area is 205 Å². The van der Waals surface area contributed by atoms with Crippen molar-refractivity contribution in [1.82, 2.24) is 20.4 Å². The maximum atomic E-state index is 13.7. The fraction of sp³-hybridized carbons (Fsp3) is 0.273. The van der Waals surface area contributed by atoms with E-state index >= 15 is 0 Å². The highest BCUT2D eigenvalue weighted by atomic mass is 127. The topological polar surface area (TPSA) is 88.4 Å². The van der Waals surface area contributed by atoms with Crippen LogP contribution in [0.25, 0.3) is 5.69 Å². The van der Waals surface area contributed by atoms with Gasteiger partial charge in [0.1, 0.15) is 5.82 Å². The van der Waals surface area contributed by atoms with Gasteiger partial charge < -0.3 is 10.6 Å². The molecule has 10 heteroatoms. The molecule has 0 radical (unpaired) electrons. The summed E-state index contributed by atoms with van der Waals surface area (Å²) >= 11 is 0. The van der Waals surface area contributed by atoms with Crippen LogP contribution >= 0.6 is 24.0 Å². The Balaban J connectivity index is 0.00000363. The molecule has 0 bridgehead atoms. The molecule has 0 aliphatic heterocycles. The van der Waals surface area contributed by atoms with Crippen LogP contribution in [0, 0.1) is 5.82 Å². The molecule has 2 aromatic carbocycles. The summed E-state index contributed by atoms with van der Waals surface area (Å²) in [6.45, 7) is 3.18. The van der Waals surface area contributed by atoms with E-state index in [4.69, 9.17) is 0 Å². The summed E-state index contributed by atoms with van der Waals surface area (Å²) in [4.78, 5) is 4.49. The number of benzene rings is 2. The van der Waals surface area contributed by atoms with E-state index in [1.54, 1.807) is 4.68 Å². The molecular weight excluding hydrogens is 544 g/mol. The van der Waals surface area contributed by atoms with Crippen LogP contribution in [0.1, 0.15) is 23.7 Å². The fourth-order valence-electron chi connectivity index (χ4n) is 3.03. The summed E-state index contributed by atoms with van der Waals surface area (Å²) in [5, 5.41) is 10.9. The zero-order valence-electron chi connectivity index (χ0n) is 18.0. The number of nitrogens with one attached hydrogen (secondary N) is 2. The normalized spacial score (nSPS) is 11.7. The van der Waals surface area contributed by atoms with Crippen LogP contribution in [0.3, 0.4) is 0 Å². The number of aromatic nitrogens is 2. The maximum Gasteiger partial charge on any atom is 0.191 e. The first-order valence-corrected chi connectivity index (χ1v) is 12.0. The van der Waals surface area contributed by atoms with E-state index in [1.807, 2.05) is 49.5 Å². The minimum absolute atomic E-state index is 0. The number of halogens is 2. The number of para-hydroxylation sites is 1. The Bertz CT molecular complexity index is 1150. The third-order valence-electron chi connectivity index (χ3n) is 4.44. The van der Waals surface area contributed by atoms with Crippen LogP contribution in [0.4, 0.5) is 4.39 Å². The summed E-state index contributed by atoms with van der Waals surface area (Å²) in [7, 11) is -3.24. The van der Waals surface area contributed by atoms with Crippen LogP contribution in [-0.4, -0.2) is 37.0 Å². The number of aliphatic imine (C=N–C) groups is 1. The van der Waals surface area contributed by atoms with Crippen molar-refractivity contribution < 1.29 is 12.8 Å². The fourth-order valence-corrected chi connectivity index (χ4v) is 3.87. The summed E-state index contributed by atoms with van der Waals surface area (Å²) in [5.74, 6) is -0.0443. The third kappa shape index (κ3) is 7.90. The lowest BCUT2D eigenvalue weighted by Gasteiger charge is -2.12. The van der Waals surface area contributed by atoms with Gasteiger partial charge in [-0.15, -0.1) is 24.0 Å². The molecule has 3 rings (SSSR count). The SMILES string of the molecule is CCNC(=NCc1cc(F)ccc1CS(C)(=O)=O)NCc1ccn(-c2ccccc2)n1.I. The highest BCUT2D eigenvalue weighted by molar-refractivity contribution is 14.0.